The van der Waals surface area contributed by atoms with Crippen molar-refractivity contribution in [3.05, 3.63) is 24.0 Å². The molecule has 0 aromatic heterocycles. The SMILES string of the molecule is CC1CCCC(CNc2ccc(N(C)C(C)C)c(F)c2)C1. The topological polar surface area (TPSA) is 15.3 Å². The van der Waals surface area contributed by atoms with E-state index in [-0.39, 0.29) is 5.82 Å². The fourth-order valence-corrected chi connectivity index (χ4v) is 3.19. The zero-order chi connectivity index (χ0) is 15.4. The molecule has 118 valence electrons. The highest BCUT2D eigenvalue weighted by Gasteiger charge is 2.18. The lowest BCUT2D eigenvalue weighted by molar-refractivity contribution is 0.293. The quantitative estimate of drug-likeness (QED) is 0.829. The molecule has 0 heterocycles. The van der Waals surface area contributed by atoms with Gasteiger partial charge in [0, 0.05) is 25.3 Å². The molecule has 0 spiro atoms. The lowest BCUT2D eigenvalue weighted by atomic mass is 9.82. The molecule has 2 nitrogen and oxygen atoms in total. The Morgan fingerprint density at radius 3 is 2.71 bits per heavy atom. The van der Waals surface area contributed by atoms with Crippen molar-refractivity contribution < 1.29 is 4.39 Å². The van der Waals surface area contributed by atoms with Crippen LogP contribution in [0, 0.1) is 17.7 Å². The fourth-order valence-electron chi connectivity index (χ4n) is 3.19. The summed E-state index contributed by atoms with van der Waals surface area (Å²) < 4.78 is 14.2. The summed E-state index contributed by atoms with van der Waals surface area (Å²) in [5, 5.41) is 3.41. The predicted octanol–water partition coefficient (Wildman–Crippen LogP) is 4.91. The summed E-state index contributed by atoms with van der Waals surface area (Å²) in [6, 6.07) is 5.78. The van der Waals surface area contributed by atoms with E-state index in [2.05, 4.69) is 26.1 Å². The summed E-state index contributed by atoms with van der Waals surface area (Å²) in [5.74, 6) is 1.42. The molecule has 0 aliphatic heterocycles. The van der Waals surface area contributed by atoms with Crippen LogP contribution in [0.4, 0.5) is 15.8 Å². The second-order valence-electron chi connectivity index (χ2n) is 6.89. The van der Waals surface area contributed by atoms with Gasteiger partial charge in [0.2, 0.25) is 0 Å². The highest BCUT2D eigenvalue weighted by Crippen LogP contribution is 2.29. The zero-order valence-corrected chi connectivity index (χ0v) is 13.8. The van der Waals surface area contributed by atoms with E-state index in [1.807, 2.05) is 24.1 Å². The molecule has 1 N–H and O–H groups in total. The van der Waals surface area contributed by atoms with Gasteiger partial charge in [-0.2, -0.15) is 0 Å². The van der Waals surface area contributed by atoms with Crippen molar-refractivity contribution in [2.75, 3.05) is 23.8 Å². The van der Waals surface area contributed by atoms with Gasteiger partial charge < -0.3 is 10.2 Å². The molecule has 2 unspecified atom stereocenters. The Morgan fingerprint density at radius 1 is 1.33 bits per heavy atom. The summed E-state index contributed by atoms with van der Waals surface area (Å²) in [4.78, 5) is 1.96. The van der Waals surface area contributed by atoms with Crippen molar-refractivity contribution in [3.8, 4) is 0 Å². The van der Waals surface area contributed by atoms with E-state index in [1.54, 1.807) is 6.07 Å². The van der Waals surface area contributed by atoms with Gasteiger partial charge in [-0.1, -0.05) is 19.8 Å². The molecule has 1 aromatic rings. The van der Waals surface area contributed by atoms with Crippen LogP contribution < -0.4 is 10.2 Å². The first-order chi connectivity index (χ1) is 9.97. The predicted molar refractivity (Wildman–Crippen MR) is 89.6 cm³/mol. The molecule has 0 radical (unpaired) electrons. The molecule has 1 aliphatic rings. The summed E-state index contributed by atoms with van der Waals surface area (Å²) in [6.45, 7) is 7.43. The van der Waals surface area contributed by atoms with Crippen molar-refractivity contribution in [1.82, 2.24) is 0 Å². The molecule has 21 heavy (non-hydrogen) atoms. The maximum atomic E-state index is 14.2. The number of hydrogen-bond acceptors (Lipinski definition) is 2. The van der Waals surface area contributed by atoms with E-state index < -0.39 is 0 Å². The van der Waals surface area contributed by atoms with Crippen molar-refractivity contribution in [3.63, 3.8) is 0 Å². The first-order valence-corrected chi connectivity index (χ1v) is 8.23. The number of anilines is 2. The molecule has 1 saturated carbocycles. The monoisotopic (exact) mass is 292 g/mol. The molecular weight excluding hydrogens is 263 g/mol. The molecule has 1 aliphatic carbocycles. The van der Waals surface area contributed by atoms with Crippen LogP contribution in [-0.2, 0) is 0 Å². The zero-order valence-electron chi connectivity index (χ0n) is 13.8. The van der Waals surface area contributed by atoms with E-state index in [0.717, 1.165) is 24.1 Å². The number of nitrogens with zero attached hydrogens (tertiary/aromatic N) is 1. The van der Waals surface area contributed by atoms with Gasteiger partial charge in [0.05, 0.1) is 5.69 Å². The minimum absolute atomic E-state index is 0.145. The molecule has 0 amide bonds. The third kappa shape index (κ3) is 4.36. The van der Waals surface area contributed by atoms with E-state index in [1.165, 1.54) is 25.7 Å². The lowest BCUT2D eigenvalue weighted by Crippen LogP contribution is -2.26. The molecule has 1 aromatic carbocycles. The summed E-state index contributed by atoms with van der Waals surface area (Å²) >= 11 is 0. The standard InChI is InChI=1S/C18H29FN2/c1-13(2)21(4)18-9-8-16(11-17(18)19)20-12-15-7-5-6-14(3)10-15/h8-9,11,13-15,20H,5-7,10,12H2,1-4H3. The smallest absolute Gasteiger partial charge is 0.148 e. The first kappa shape index (κ1) is 16.1. The largest absolute Gasteiger partial charge is 0.385 e. The maximum absolute atomic E-state index is 14.2. The van der Waals surface area contributed by atoms with Crippen LogP contribution >= 0.6 is 0 Å². The highest BCUT2D eigenvalue weighted by atomic mass is 19.1. The fraction of sp³-hybridized carbons (Fsp3) is 0.667. The van der Waals surface area contributed by atoms with Gasteiger partial charge in [0.15, 0.2) is 0 Å². The minimum Gasteiger partial charge on any atom is -0.385 e. The molecule has 2 atom stereocenters. The van der Waals surface area contributed by atoms with Crippen molar-refractivity contribution in [1.29, 1.82) is 0 Å². The second kappa shape index (κ2) is 7.15. The van der Waals surface area contributed by atoms with Crippen LogP contribution in [0.25, 0.3) is 0 Å². The van der Waals surface area contributed by atoms with Crippen LogP contribution in [-0.4, -0.2) is 19.6 Å². The molecule has 1 fully saturated rings. The molecule has 2 rings (SSSR count). The molecular formula is C18H29FN2. The Morgan fingerprint density at radius 2 is 2.10 bits per heavy atom. The first-order valence-electron chi connectivity index (χ1n) is 8.23. The van der Waals surface area contributed by atoms with Crippen molar-refractivity contribution in [2.24, 2.45) is 11.8 Å². The van der Waals surface area contributed by atoms with Crippen molar-refractivity contribution in [2.45, 2.75) is 52.5 Å². The van der Waals surface area contributed by atoms with E-state index in [9.17, 15) is 4.39 Å². The minimum atomic E-state index is -0.145. The van der Waals surface area contributed by atoms with Gasteiger partial charge in [-0.25, -0.2) is 4.39 Å². The van der Waals surface area contributed by atoms with Gasteiger partial charge in [-0.15, -0.1) is 0 Å². The average molecular weight is 292 g/mol. The lowest BCUT2D eigenvalue weighted by Gasteiger charge is -2.27. The van der Waals surface area contributed by atoms with Gasteiger partial charge in [0.1, 0.15) is 5.82 Å². The Bertz CT molecular complexity index is 459. The Labute approximate surface area is 128 Å². The van der Waals surface area contributed by atoms with Crippen LogP contribution in [0.5, 0.6) is 0 Å². The molecule has 0 saturated heterocycles. The van der Waals surface area contributed by atoms with Gasteiger partial charge >= 0.3 is 0 Å². The number of hydrogen-bond donors (Lipinski definition) is 1. The van der Waals surface area contributed by atoms with E-state index in [0.29, 0.717) is 11.7 Å². The number of halogens is 1. The molecule has 3 heteroatoms. The average Bonchev–Trinajstić information content (AvgIpc) is 2.44. The number of nitrogens with one attached hydrogen (secondary N) is 1. The number of rotatable bonds is 5. The van der Waals surface area contributed by atoms with Gasteiger partial charge in [-0.3, -0.25) is 0 Å². The summed E-state index contributed by atoms with van der Waals surface area (Å²) in [5.41, 5.74) is 1.56. The second-order valence-corrected chi connectivity index (χ2v) is 6.89. The van der Waals surface area contributed by atoms with Crippen LogP contribution in [0.2, 0.25) is 0 Å². The third-order valence-corrected chi connectivity index (χ3v) is 4.74. The van der Waals surface area contributed by atoms with E-state index in [4.69, 9.17) is 0 Å². The Balaban J connectivity index is 1.94. The van der Waals surface area contributed by atoms with Gasteiger partial charge in [-0.05, 0) is 56.7 Å². The van der Waals surface area contributed by atoms with Crippen LogP contribution in [0.1, 0.15) is 46.5 Å². The van der Waals surface area contributed by atoms with Gasteiger partial charge in [0.25, 0.3) is 0 Å². The van der Waals surface area contributed by atoms with Crippen molar-refractivity contribution >= 4 is 11.4 Å². The molecule has 0 bridgehead atoms. The normalized spacial score (nSPS) is 22.4. The van der Waals surface area contributed by atoms with Crippen LogP contribution in [0.15, 0.2) is 18.2 Å². The summed E-state index contributed by atoms with van der Waals surface area (Å²) in [6.07, 6.45) is 5.29. The maximum Gasteiger partial charge on any atom is 0.148 e. The van der Waals surface area contributed by atoms with Crippen LogP contribution in [0.3, 0.4) is 0 Å². The third-order valence-electron chi connectivity index (χ3n) is 4.74. The highest BCUT2D eigenvalue weighted by molar-refractivity contribution is 5.56. The Kier molecular flexibility index (Phi) is 5.49. The summed E-state index contributed by atoms with van der Waals surface area (Å²) in [7, 11) is 1.93. The van der Waals surface area contributed by atoms with E-state index >= 15 is 0 Å². The Hall–Kier alpha value is -1.25. The number of benzene rings is 1.